The number of hydrogen-bond acceptors (Lipinski definition) is 4. The predicted molar refractivity (Wildman–Crippen MR) is 113 cm³/mol. The summed E-state index contributed by atoms with van der Waals surface area (Å²) in [4.78, 5) is 12.8. The Balaban J connectivity index is 1.63. The zero-order valence-corrected chi connectivity index (χ0v) is 18.3. The number of benzene rings is 1. The van der Waals surface area contributed by atoms with Gasteiger partial charge in [-0.15, -0.1) is 0 Å². The lowest BCUT2D eigenvalue weighted by Gasteiger charge is -2.31. The molecule has 6 nitrogen and oxygen atoms in total. The Kier molecular flexibility index (Phi) is 7.35. The Bertz CT molecular complexity index is 864. The molecule has 2 aliphatic rings. The number of rotatable bonds is 7. The summed E-state index contributed by atoms with van der Waals surface area (Å²) in [6.45, 7) is 3.12. The van der Waals surface area contributed by atoms with Gasteiger partial charge < -0.3 is 10.1 Å². The second-order valence-electron chi connectivity index (χ2n) is 8.01. The maximum absolute atomic E-state index is 13.2. The summed E-state index contributed by atoms with van der Waals surface area (Å²) in [5.74, 6) is -0.0184. The smallest absolute Gasteiger partial charge is 0.246 e. The number of carbonyl (C=O) groups excluding carboxylic acids is 1. The molecule has 1 N–H and O–H groups in total. The third kappa shape index (κ3) is 5.39. The van der Waals surface area contributed by atoms with Gasteiger partial charge in [0, 0.05) is 19.6 Å². The van der Waals surface area contributed by atoms with Crippen molar-refractivity contribution in [2.75, 3.05) is 26.7 Å². The van der Waals surface area contributed by atoms with Gasteiger partial charge >= 0.3 is 0 Å². The normalized spacial score (nSPS) is 20.8. The Morgan fingerprint density at radius 2 is 2.10 bits per heavy atom. The summed E-state index contributed by atoms with van der Waals surface area (Å²) < 4.78 is 33.1. The summed E-state index contributed by atoms with van der Waals surface area (Å²) in [7, 11) is -2.24. The van der Waals surface area contributed by atoms with Crippen LogP contribution >= 0.6 is 0 Å². The average Bonchev–Trinajstić information content (AvgIpc) is 2.74. The van der Waals surface area contributed by atoms with E-state index in [0.29, 0.717) is 31.7 Å². The molecular formula is C22H32N2O4S. The number of aryl methyl sites for hydroxylation is 1. The van der Waals surface area contributed by atoms with Gasteiger partial charge in [0.25, 0.3) is 0 Å². The number of ether oxygens (including phenoxy) is 1. The highest BCUT2D eigenvalue weighted by Crippen LogP contribution is 2.30. The van der Waals surface area contributed by atoms with Crippen LogP contribution in [0.1, 0.15) is 50.5 Å². The standard InChI is InChI=1S/C22H32N2O4S/c1-17-10-11-20(28-2)21(15-17)29(26,27)24-14-6-9-19(16-24)22(25)23-13-12-18-7-4-3-5-8-18/h7,10-11,15,19H,3-6,8-9,12-14,16H2,1-2H3,(H,23,25). The van der Waals surface area contributed by atoms with Crippen molar-refractivity contribution in [2.45, 2.75) is 56.8 Å². The third-order valence-electron chi connectivity index (χ3n) is 5.82. The minimum atomic E-state index is -3.71. The molecule has 1 aliphatic heterocycles. The SMILES string of the molecule is COc1ccc(C)cc1S(=O)(=O)N1CCCC(C(=O)NCCC2=CCCCC2)C1. The molecule has 29 heavy (non-hydrogen) atoms. The topological polar surface area (TPSA) is 75.7 Å². The number of carbonyl (C=O) groups is 1. The van der Waals surface area contributed by atoms with Crippen molar-refractivity contribution in [2.24, 2.45) is 5.92 Å². The Morgan fingerprint density at radius 3 is 2.83 bits per heavy atom. The van der Waals surface area contributed by atoms with Crippen LogP contribution in [-0.2, 0) is 14.8 Å². The molecule has 160 valence electrons. The molecule has 1 aliphatic carbocycles. The maximum Gasteiger partial charge on any atom is 0.246 e. The number of nitrogens with zero attached hydrogens (tertiary/aromatic N) is 1. The lowest BCUT2D eigenvalue weighted by Crippen LogP contribution is -2.45. The van der Waals surface area contributed by atoms with Crippen LogP contribution in [0.5, 0.6) is 5.75 Å². The fourth-order valence-corrected chi connectivity index (χ4v) is 5.89. The minimum absolute atomic E-state index is 0.0440. The highest BCUT2D eigenvalue weighted by atomic mass is 32.2. The van der Waals surface area contributed by atoms with Crippen molar-refractivity contribution in [3.8, 4) is 5.75 Å². The molecule has 7 heteroatoms. The molecule has 0 radical (unpaired) electrons. The summed E-state index contributed by atoms with van der Waals surface area (Å²) in [5.41, 5.74) is 2.28. The van der Waals surface area contributed by atoms with E-state index in [1.807, 2.05) is 13.0 Å². The van der Waals surface area contributed by atoms with E-state index in [4.69, 9.17) is 4.74 Å². The molecule has 1 amide bonds. The summed E-state index contributed by atoms with van der Waals surface area (Å²) >= 11 is 0. The van der Waals surface area contributed by atoms with E-state index in [1.165, 1.54) is 29.8 Å². The first kappa shape index (κ1) is 21.8. The molecule has 1 unspecified atom stereocenters. The van der Waals surface area contributed by atoms with Crippen molar-refractivity contribution in [3.05, 3.63) is 35.4 Å². The molecule has 0 bridgehead atoms. The largest absolute Gasteiger partial charge is 0.495 e. The van der Waals surface area contributed by atoms with Crippen LogP contribution in [0.3, 0.4) is 0 Å². The van der Waals surface area contributed by atoms with Gasteiger partial charge in [0.2, 0.25) is 15.9 Å². The second-order valence-corrected chi connectivity index (χ2v) is 9.91. The first-order valence-corrected chi connectivity index (χ1v) is 12.0. The van der Waals surface area contributed by atoms with Crippen molar-refractivity contribution in [1.82, 2.24) is 9.62 Å². The van der Waals surface area contributed by atoms with E-state index in [-0.39, 0.29) is 23.3 Å². The van der Waals surface area contributed by atoms with Gasteiger partial charge in [-0.25, -0.2) is 8.42 Å². The Morgan fingerprint density at radius 1 is 1.28 bits per heavy atom. The lowest BCUT2D eigenvalue weighted by molar-refractivity contribution is -0.126. The van der Waals surface area contributed by atoms with Gasteiger partial charge in [-0.2, -0.15) is 4.31 Å². The van der Waals surface area contributed by atoms with Crippen LogP contribution in [0.15, 0.2) is 34.7 Å². The maximum atomic E-state index is 13.2. The minimum Gasteiger partial charge on any atom is -0.495 e. The Hall–Kier alpha value is -1.86. The summed E-state index contributed by atoms with van der Waals surface area (Å²) in [6.07, 6.45) is 9.33. The summed E-state index contributed by atoms with van der Waals surface area (Å²) in [5, 5.41) is 3.02. The Labute approximate surface area is 174 Å². The molecule has 0 aromatic heterocycles. The predicted octanol–water partition coefficient (Wildman–Crippen LogP) is 3.41. The van der Waals surface area contributed by atoms with E-state index in [1.54, 1.807) is 12.1 Å². The van der Waals surface area contributed by atoms with Gasteiger partial charge in [0.1, 0.15) is 10.6 Å². The van der Waals surface area contributed by atoms with Crippen LogP contribution in [0.4, 0.5) is 0 Å². The molecular weight excluding hydrogens is 388 g/mol. The monoisotopic (exact) mass is 420 g/mol. The lowest BCUT2D eigenvalue weighted by atomic mass is 9.96. The van der Waals surface area contributed by atoms with Gasteiger partial charge in [0.15, 0.2) is 0 Å². The number of sulfonamides is 1. The van der Waals surface area contributed by atoms with E-state index >= 15 is 0 Å². The first-order chi connectivity index (χ1) is 13.9. The van der Waals surface area contributed by atoms with Gasteiger partial charge in [-0.1, -0.05) is 17.7 Å². The van der Waals surface area contributed by atoms with Crippen LogP contribution < -0.4 is 10.1 Å². The average molecular weight is 421 g/mol. The first-order valence-electron chi connectivity index (χ1n) is 10.5. The van der Waals surface area contributed by atoms with Crippen LogP contribution in [0, 0.1) is 12.8 Å². The molecule has 1 saturated heterocycles. The highest BCUT2D eigenvalue weighted by Gasteiger charge is 2.34. The van der Waals surface area contributed by atoms with Gasteiger partial charge in [0.05, 0.1) is 13.0 Å². The zero-order chi connectivity index (χ0) is 20.9. The second kappa shape index (κ2) is 9.76. The van der Waals surface area contributed by atoms with Crippen molar-refractivity contribution in [3.63, 3.8) is 0 Å². The molecule has 1 atom stereocenters. The number of nitrogens with one attached hydrogen (secondary N) is 1. The highest BCUT2D eigenvalue weighted by molar-refractivity contribution is 7.89. The van der Waals surface area contributed by atoms with E-state index in [0.717, 1.165) is 24.8 Å². The van der Waals surface area contributed by atoms with Crippen molar-refractivity contribution in [1.29, 1.82) is 0 Å². The molecule has 1 aromatic rings. The summed E-state index contributed by atoms with van der Waals surface area (Å²) in [6, 6.07) is 5.14. The van der Waals surface area contributed by atoms with E-state index in [9.17, 15) is 13.2 Å². The molecule has 0 spiro atoms. The van der Waals surface area contributed by atoms with Crippen LogP contribution in [0.25, 0.3) is 0 Å². The fourth-order valence-electron chi connectivity index (χ4n) is 4.12. The van der Waals surface area contributed by atoms with Gasteiger partial charge in [-0.3, -0.25) is 4.79 Å². The van der Waals surface area contributed by atoms with Crippen LogP contribution in [0.2, 0.25) is 0 Å². The number of allylic oxidation sites excluding steroid dienone is 1. The zero-order valence-electron chi connectivity index (χ0n) is 17.4. The third-order valence-corrected chi connectivity index (χ3v) is 7.71. The molecule has 0 saturated carbocycles. The number of piperidine rings is 1. The van der Waals surface area contributed by atoms with E-state index < -0.39 is 10.0 Å². The van der Waals surface area contributed by atoms with E-state index in [2.05, 4.69) is 11.4 Å². The number of amides is 1. The molecule has 1 aromatic carbocycles. The van der Waals surface area contributed by atoms with Crippen molar-refractivity contribution < 1.29 is 17.9 Å². The fraction of sp³-hybridized carbons (Fsp3) is 0.591. The van der Waals surface area contributed by atoms with Crippen molar-refractivity contribution >= 4 is 15.9 Å². The van der Waals surface area contributed by atoms with Gasteiger partial charge in [-0.05, 0) is 69.6 Å². The molecule has 1 heterocycles. The quantitative estimate of drug-likeness (QED) is 0.686. The number of methoxy groups -OCH3 is 1. The molecule has 1 fully saturated rings. The molecule has 3 rings (SSSR count). The van der Waals surface area contributed by atoms with Crippen LogP contribution in [-0.4, -0.2) is 45.4 Å². The number of hydrogen-bond donors (Lipinski definition) is 1.